The number of hydrogen-bond acceptors (Lipinski definition) is 3. The number of piperidine rings is 1. The minimum Gasteiger partial charge on any atom is -0.450 e. The van der Waals surface area contributed by atoms with Gasteiger partial charge >= 0.3 is 6.09 Å². The summed E-state index contributed by atoms with van der Waals surface area (Å²) in [6, 6.07) is 6.34. The van der Waals surface area contributed by atoms with Crippen molar-refractivity contribution in [1.29, 1.82) is 0 Å². The summed E-state index contributed by atoms with van der Waals surface area (Å²) in [7, 11) is 0. The van der Waals surface area contributed by atoms with Gasteiger partial charge in [-0.2, -0.15) is 0 Å². The van der Waals surface area contributed by atoms with Crippen molar-refractivity contribution in [2.45, 2.75) is 32.7 Å². The van der Waals surface area contributed by atoms with E-state index >= 15 is 0 Å². The highest BCUT2D eigenvalue weighted by Crippen LogP contribution is 2.14. The molecular weight excluding hydrogens is 311 g/mol. The van der Waals surface area contributed by atoms with Crippen LogP contribution in [0.3, 0.4) is 0 Å². The lowest BCUT2D eigenvalue weighted by Gasteiger charge is -2.31. The smallest absolute Gasteiger partial charge is 0.409 e. The number of halogens is 1. The number of nitrogens with zero attached hydrogens (tertiary/aromatic N) is 1. The topological polar surface area (TPSA) is 58.6 Å². The molecule has 0 unspecified atom stereocenters. The zero-order valence-electron chi connectivity index (χ0n) is 14.0. The first-order chi connectivity index (χ1) is 11.5. The lowest BCUT2D eigenvalue weighted by Crippen LogP contribution is -2.46. The molecule has 1 fully saturated rings. The Morgan fingerprint density at radius 2 is 2.00 bits per heavy atom. The average molecular weight is 334 g/mol. The van der Waals surface area contributed by atoms with Crippen molar-refractivity contribution in [2.24, 2.45) is 0 Å². The number of hydrogen-bond donors (Lipinski definition) is 1. The van der Waals surface area contributed by atoms with Crippen LogP contribution in [-0.4, -0.2) is 42.6 Å². The van der Waals surface area contributed by atoms with Crippen molar-refractivity contribution >= 4 is 18.1 Å². The number of amides is 2. The SMILES string of the molecule is CCOC(=O)N1CCC(NC(=O)/C(C)=C/c2ccccc2F)CC1. The molecule has 2 amide bonds. The van der Waals surface area contributed by atoms with Crippen molar-refractivity contribution in [3.05, 3.63) is 41.2 Å². The molecule has 24 heavy (non-hydrogen) atoms. The van der Waals surface area contributed by atoms with Gasteiger partial charge in [0.1, 0.15) is 5.82 Å². The Kier molecular flexibility index (Phi) is 6.35. The predicted octanol–water partition coefficient (Wildman–Crippen LogP) is 2.97. The Bertz CT molecular complexity index is 622. The third kappa shape index (κ3) is 4.81. The van der Waals surface area contributed by atoms with Gasteiger partial charge in [-0.1, -0.05) is 18.2 Å². The van der Waals surface area contributed by atoms with Crippen LogP contribution >= 0.6 is 0 Å². The fourth-order valence-electron chi connectivity index (χ4n) is 2.61. The molecule has 0 spiro atoms. The second-order valence-electron chi connectivity index (χ2n) is 5.78. The van der Waals surface area contributed by atoms with Gasteiger partial charge in [0.25, 0.3) is 0 Å². The molecule has 1 aromatic rings. The molecule has 0 saturated carbocycles. The van der Waals surface area contributed by atoms with E-state index < -0.39 is 0 Å². The highest BCUT2D eigenvalue weighted by atomic mass is 19.1. The summed E-state index contributed by atoms with van der Waals surface area (Å²) in [4.78, 5) is 25.5. The molecule has 1 aromatic carbocycles. The summed E-state index contributed by atoms with van der Waals surface area (Å²) < 4.78 is 18.6. The largest absolute Gasteiger partial charge is 0.450 e. The van der Waals surface area contributed by atoms with Crippen LogP contribution in [0.4, 0.5) is 9.18 Å². The Balaban J connectivity index is 1.87. The molecule has 1 heterocycles. The first-order valence-electron chi connectivity index (χ1n) is 8.16. The number of carbonyl (C=O) groups excluding carboxylic acids is 2. The van der Waals surface area contributed by atoms with E-state index in [2.05, 4.69) is 5.32 Å². The predicted molar refractivity (Wildman–Crippen MR) is 89.8 cm³/mol. The molecule has 1 saturated heterocycles. The minimum absolute atomic E-state index is 0.00662. The van der Waals surface area contributed by atoms with Crippen molar-refractivity contribution in [1.82, 2.24) is 10.2 Å². The van der Waals surface area contributed by atoms with Gasteiger partial charge in [0.2, 0.25) is 5.91 Å². The van der Waals surface area contributed by atoms with Crippen LogP contribution < -0.4 is 5.32 Å². The zero-order valence-corrected chi connectivity index (χ0v) is 14.0. The standard InChI is InChI=1S/C18H23FN2O3/c1-3-24-18(23)21-10-8-15(9-11-21)20-17(22)13(2)12-14-6-4-5-7-16(14)19/h4-7,12,15H,3,8-11H2,1-2H3,(H,20,22)/b13-12+. The number of rotatable bonds is 4. The molecule has 0 bridgehead atoms. The monoisotopic (exact) mass is 334 g/mol. The summed E-state index contributed by atoms with van der Waals surface area (Å²) >= 11 is 0. The van der Waals surface area contributed by atoms with Gasteiger partial charge in [-0.05, 0) is 38.8 Å². The summed E-state index contributed by atoms with van der Waals surface area (Å²) in [5.41, 5.74) is 0.843. The first-order valence-corrected chi connectivity index (χ1v) is 8.16. The van der Waals surface area contributed by atoms with Crippen LogP contribution in [0.1, 0.15) is 32.3 Å². The van der Waals surface area contributed by atoms with Crippen molar-refractivity contribution in [3.8, 4) is 0 Å². The second kappa shape index (κ2) is 8.47. The molecule has 2 rings (SSSR count). The molecule has 5 nitrogen and oxygen atoms in total. The second-order valence-corrected chi connectivity index (χ2v) is 5.78. The van der Waals surface area contributed by atoms with Gasteiger partial charge in [-0.3, -0.25) is 4.79 Å². The lowest BCUT2D eigenvalue weighted by atomic mass is 10.0. The molecule has 0 radical (unpaired) electrons. The molecule has 0 atom stereocenters. The van der Waals surface area contributed by atoms with Gasteiger partial charge in [0.05, 0.1) is 6.61 Å². The zero-order chi connectivity index (χ0) is 17.5. The van der Waals surface area contributed by atoms with E-state index in [0.29, 0.717) is 43.7 Å². The van der Waals surface area contributed by atoms with Gasteiger partial charge in [-0.25, -0.2) is 9.18 Å². The summed E-state index contributed by atoms with van der Waals surface area (Å²) in [5.74, 6) is -0.569. The minimum atomic E-state index is -0.354. The Morgan fingerprint density at radius 1 is 1.33 bits per heavy atom. The molecule has 1 aliphatic rings. The number of ether oxygens (including phenoxy) is 1. The molecule has 6 heteroatoms. The molecule has 1 N–H and O–H groups in total. The van der Waals surface area contributed by atoms with Crippen molar-refractivity contribution < 1.29 is 18.7 Å². The number of benzene rings is 1. The normalized spacial score (nSPS) is 16.0. The van der Waals surface area contributed by atoms with E-state index in [1.165, 1.54) is 6.07 Å². The number of likely N-dealkylation sites (tertiary alicyclic amines) is 1. The first kappa shape index (κ1) is 18.0. The van der Waals surface area contributed by atoms with Crippen LogP contribution in [0.15, 0.2) is 29.8 Å². The van der Waals surface area contributed by atoms with E-state index in [9.17, 15) is 14.0 Å². The molecular formula is C18H23FN2O3. The Morgan fingerprint density at radius 3 is 2.62 bits per heavy atom. The van der Waals surface area contributed by atoms with E-state index in [4.69, 9.17) is 4.74 Å². The highest BCUT2D eigenvalue weighted by Gasteiger charge is 2.24. The summed E-state index contributed by atoms with van der Waals surface area (Å²) in [6.45, 7) is 4.90. The maximum atomic E-state index is 13.6. The van der Waals surface area contributed by atoms with E-state index in [-0.39, 0.29) is 23.9 Å². The summed E-state index contributed by atoms with van der Waals surface area (Å²) in [5, 5.41) is 2.94. The molecule has 130 valence electrons. The van der Waals surface area contributed by atoms with Crippen molar-refractivity contribution in [3.63, 3.8) is 0 Å². The highest BCUT2D eigenvalue weighted by molar-refractivity contribution is 5.97. The van der Waals surface area contributed by atoms with Crippen molar-refractivity contribution in [2.75, 3.05) is 19.7 Å². The Labute approximate surface area is 141 Å². The quantitative estimate of drug-likeness (QED) is 0.861. The maximum Gasteiger partial charge on any atom is 0.409 e. The van der Waals surface area contributed by atoms with E-state index in [0.717, 1.165) is 0 Å². The van der Waals surface area contributed by atoms with Crippen LogP contribution in [0.25, 0.3) is 6.08 Å². The summed E-state index contributed by atoms with van der Waals surface area (Å²) in [6.07, 6.45) is 2.59. The maximum absolute atomic E-state index is 13.6. The fraction of sp³-hybridized carbons (Fsp3) is 0.444. The lowest BCUT2D eigenvalue weighted by molar-refractivity contribution is -0.118. The van der Waals surface area contributed by atoms with Crippen LogP contribution in [0, 0.1) is 5.82 Å². The third-order valence-corrected chi connectivity index (χ3v) is 3.99. The van der Waals surface area contributed by atoms with Gasteiger partial charge in [0, 0.05) is 30.3 Å². The Hall–Kier alpha value is -2.37. The number of carbonyl (C=O) groups is 2. The van der Waals surface area contributed by atoms with E-state index in [1.807, 2.05) is 0 Å². The molecule has 0 aromatic heterocycles. The van der Waals surface area contributed by atoms with Gasteiger partial charge in [-0.15, -0.1) is 0 Å². The average Bonchev–Trinajstić information content (AvgIpc) is 2.57. The number of nitrogens with one attached hydrogen (secondary N) is 1. The molecule has 1 aliphatic heterocycles. The van der Waals surface area contributed by atoms with E-state index in [1.54, 1.807) is 43.0 Å². The van der Waals surface area contributed by atoms with Crippen LogP contribution in [0.2, 0.25) is 0 Å². The van der Waals surface area contributed by atoms with Crippen LogP contribution in [0.5, 0.6) is 0 Å². The van der Waals surface area contributed by atoms with Gasteiger partial charge < -0.3 is 15.0 Å². The fourth-order valence-corrected chi connectivity index (χ4v) is 2.61. The van der Waals surface area contributed by atoms with Crippen LogP contribution in [-0.2, 0) is 9.53 Å². The molecule has 0 aliphatic carbocycles. The van der Waals surface area contributed by atoms with Gasteiger partial charge in [0.15, 0.2) is 0 Å². The third-order valence-electron chi connectivity index (χ3n) is 3.99.